The van der Waals surface area contributed by atoms with Crippen molar-refractivity contribution in [1.29, 1.82) is 0 Å². The number of fused-ring (bicyclic) bond motifs is 1. The van der Waals surface area contributed by atoms with Gasteiger partial charge in [0.1, 0.15) is 12.1 Å². The Morgan fingerprint density at radius 3 is 2.67 bits per heavy atom. The van der Waals surface area contributed by atoms with Crippen molar-refractivity contribution in [3.8, 4) is 0 Å². The van der Waals surface area contributed by atoms with Crippen LogP contribution in [0.3, 0.4) is 0 Å². The van der Waals surface area contributed by atoms with Gasteiger partial charge in [0.2, 0.25) is 11.8 Å². The highest BCUT2D eigenvalue weighted by Gasteiger charge is 2.42. The average molecular weight is 289 g/mol. The van der Waals surface area contributed by atoms with Crippen molar-refractivity contribution in [2.45, 2.75) is 18.6 Å². The fourth-order valence-electron chi connectivity index (χ4n) is 2.97. The molecular weight excluding hydrogens is 270 g/mol. The Labute approximate surface area is 123 Å². The molecule has 6 nitrogen and oxygen atoms in total. The van der Waals surface area contributed by atoms with Crippen LogP contribution in [0.25, 0.3) is 0 Å². The molecule has 0 aliphatic carbocycles. The maximum absolute atomic E-state index is 12.1. The zero-order valence-electron chi connectivity index (χ0n) is 11.7. The van der Waals surface area contributed by atoms with Crippen LogP contribution < -0.4 is 5.32 Å². The summed E-state index contributed by atoms with van der Waals surface area (Å²) >= 11 is 0. The van der Waals surface area contributed by atoms with Gasteiger partial charge in [0.15, 0.2) is 0 Å². The standard InChI is InChI=1S/C15H19N3O3/c19-10-12-15(21)18-7-6-17(9-13(18)14(20)16-12)8-11-4-2-1-3-5-11/h1-5,12-13,19H,6-10H2,(H,16,20)/t12-,13-/m1/s1. The summed E-state index contributed by atoms with van der Waals surface area (Å²) in [5, 5.41) is 11.7. The number of rotatable bonds is 3. The Bertz CT molecular complexity index is 534. The largest absolute Gasteiger partial charge is 0.394 e. The molecule has 0 saturated carbocycles. The van der Waals surface area contributed by atoms with Crippen molar-refractivity contribution in [2.75, 3.05) is 26.2 Å². The van der Waals surface area contributed by atoms with E-state index in [9.17, 15) is 9.59 Å². The predicted molar refractivity (Wildman–Crippen MR) is 76.2 cm³/mol. The predicted octanol–water partition coefficient (Wildman–Crippen LogP) is -0.810. The number of carbonyl (C=O) groups excluding carboxylic acids is 2. The van der Waals surface area contributed by atoms with E-state index in [0.717, 1.165) is 13.1 Å². The van der Waals surface area contributed by atoms with Crippen LogP contribution in [0.2, 0.25) is 0 Å². The Kier molecular flexibility index (Phi) is 3.90. The van der Waals surface area contributed by atoms with Gasteiger partial charge in [-0.25, -0.2) is 0 Å². The fraction of sp³-hybridized carbons (Fsp3) is 0.467. The first-order valence-electron chi connectivity index (χ1n) is 7.17. The van der Waals surface area contributed by atoms with Gasteiger partial charge < -0.3 is 15.3 Å². The van der Waals surface area contributed by atoms with Crippen LogP contribution in [0.4, 0.5) is 0 Å². The second kappa shape index (κ2) is 5.83. The number of hydrogen-bond donors (Lipinski definition) is 2. The van der Waals surface area contributed by atoms with Crippen LogP contribution in [-0.2, 0) is 16.1 Å². The Morgan fingerprint density at radius 1 is 1.19 bits per heavy atom. The zero-order chi connectivity index (χ0) is 14.8. The summed E-state index contributed by atoms with van der Waals surface area (Å²) in [6.45, 7) is 2.23. The van der Waals surface area contributed by atoms with Crippen LogP contribution in [0.1, 0.15) is 5.56 Å². The third kappa shape index (κ3) is 2.77. The molecule has 0 radical (unpaired) electrons. The number of aliphatic hydroxyl groups excluding tert-OH is 1. The molecule has 1 aromatic carbocycles. The summed E-state index contributed by atoms with van der Waals surface area (Å²) in [6.07, 6.45) is 0. The molecule has 0 aromatic heterocycles. The quantitative estimate of drug-likeness (QED) is 0.763. The zero-order valence-corrected chi connectivity index (χ0v) is 11.7. The highest BCUT2D eigenvalue weighted by Crippen LogP contribution is 2.17. The molecule has 2 atom stereocenters. The number of nitrogens with one attached hydrogen (secondary N) is 1. The number of aliphatic hydroxyl groups is 1. The molecule has 2 N–H and O–H groups in total. The molecule has 2 saturated heterocycles. The first kappa shape index (κ1) is 14.0. The summed E-state index contributed by atoms with van der Waals surface area (Å²) < 4.78 is 0. The number of carbonyl (C=O) groups is 2. The molecule has 2 aliphatic heterocycles. The van der Waals surface area contributed by atoms with Gasteiger partial charge in [0.25, 0.3) is 0 Å². The highest BCUT2D eigenvalue weighted by atomic mass is 16.3. The minimum atomic E-state index is -0.783. The molecule has 2 amide bonds. The van der Waals surface area contributed by atoms with E-state index >= 15 is 0 Å². The molecule has 1 aromatic rings. The van der Waals surface area contributed by atoms with E-state index in [1.165, 1.54) is 5.56 Å². The molecule has 2 heterocycles. The van der Waals surface area contributed by atoms with Gasteiger partial charge >= 0.3 is 0 Å². The van der Waals surface area contributed by atoms with Crippen molar-refractivity contribution < 1.29 is 14.7 Å². The summed E-state index contributed by atoms with van der Waals surface area (Å²) in [6, 6.07) is 8.85. The van der Waals surface area contributed by atoms with E-state index in [1.54, 1.807) is 4.90 Å². The van der Waals surface area contributed by atoms with Crippen molar-refractivity contribution in [1.82, 2.24) is 15.1 Å². The van der Waals surface area contributed by atoms with Crippen molar-refractivity contribution in [3.63, 3.8) is 0 Å². The first-order valence-corrected chi connectivity index (χ1v) is 7.17. The monoisotopic (exact) mass is 289 g/mol. The molecule has 6 heteroatoms. The van der Waals surface area contributed by atoms with Crippen LogP contribution >= 0.6 is 0 Å². The van der Waals surface area contributed by atoms with E-state index in [2.05, 4.69) is 22.3 Å². The van der Waals surface area contributed by atoms with Gasteiger partial charge in [-0.15, -0.1) is 0 Å². The van der Waals surface area contributed by atoms with Crippen LogP contribution in [0.5, 0.6) is 0 Å². The van der Waals surface area contributed by atoms with E-state index < -0.39 is 12.1 Å². The number of nitrogens with zero attached hydrogens (tertiary/aromatic N) is 2. The molecule has 21 heavy (non-hydrogen) atoms. The van der Waals surface area contributed by atoms with Crippen molar-refractivity contribution in [3.05, 3.63) is 35.9 Å². The Balaban J connectivity index is 1.68. The van der Waals surface area contributed by atoms with E-state index in [4.69, 9.17) is 5.11 Å². The summed E-state index contributed by atoms with van der Waals surface area (Å²) in [7, 11) is 0. The number of piperazine rings is 2. The second-order valence-corrected chi connectivity index (χ2v) is 5.51. The molecule has 2 aliphatic rings. The third-order valence-electron chi connectivity index (χ3n) is 4.10. The van der Waals surface area contributed by atoms with Gasteiger partial charge in [-0.2, -0.15) is 0 Å². The number of amides is 2. The lowest BCUT2D eigenvalue weighted by Gasteiger charge is -2.45. The van der Waals surface area contributed by atoms with E-state index in [0.29, 0.717) is 13.1 Å². The molecule has 0 bridgehead atoms. The summed E-state index contributed by atoms with van der Waals surface area (Å²) in [5.74, 6) is -0.354. The lowest BCUT2D eigenvalue weighted by molar-refractivity contribution is -0.154. The minimum Gasteiger partial charge on any atom is -0.394 e. The normalized spacial score (nSPS) is 26.4. The molecule has 112 valence electrons. The van der Waals surface area contributed by atoms with E-state index in [1.807, 2.05) is 18.2 Å². The Hall–Kier alpha value is -1.92. The van der Waals surface area contributed by atoms with Gasteiger partial charge in [0.05, 0.1) is 6.61 Å². The van der Waals surface area contributed by atoms with Crippen LogP contribution in [0.15, 0.2) is 30.3 Å². The molecule has 2 fully saturated rings. The van der Waals surface area contributed by atoms with Gasteiger partial charge in [-0.3, -0.25) is 14.5 Å². The second-order valence-electron chi connectivity index (χ2n) is 5.51. The SMILES string of the molecule is O=C1N[C@H](CO)C(=O)N2CCN(Cc3ccccc3)C[C@H]12. The average Bonchev–Trinajstić information content (AvgIpc) is 2.52. The smallest absolute Gasteiger partial charge is 0.248 e. The van der Waals surface area contributed by atoms with Crippen molar-refractivity contribution in [2.24, 2.45) is 0 Å². The molecule has 0 spiro atoms. The first-order chi connectivity index (χ1) is 10.2. The van der Waals surface area contributed by atoms with Crippen LogP contribution in [0, 0.1) is 0 Å². The minimum absolute atomic E-state index is 0.175. The highest BCUT2D eigenvalue weighted by molar-refractivity contribution is 5.97. The fourth-order valence-corrected chi connectivity index (χ4v) is 2.97. The van der Waals surface area contributed by atoms with Crippen molar-refractivity contribution >= 4 is 11.8 Å². The maximum Gasteiger partial charge on any atom is 0.248 e. The van der Waals surface area contributed by atoms with Gasteiger partial charge in [-0.1, -0.05) is 30.3 Å². The summed E-state index contributed by atoms with van der Waals surface area (Å²) in [5.41, 5.74) is 1.20. The molecular formula is C15H19N3O3. The molecule has 3 rings (SSSR count). The topological polar surface area (TPSA) is 72.9 Å². The van der Waals surface area contributed by atoms with Gasteiger partial charge in [0, 0.05) is 26.2 Å². The lowest BCUT2D eigenvalue weighted by Crippen LogP contribution is -2.69. The van der Waals surface area contributed by atoms with Crippen LogP contribution in [-0.4, -0.2) is 65.0 Å². The van der Waals surface area contributed by atoms with Gasteiger partial charge in [-0.05, 0) is 5.56 Å². The summed E-state index contributed by atoms with van der Waals surface area (Å²) in [4.78, 5) is 28.0. The Morgan fingerprint density at radius 2 is 1.95 bits per heavy atom. The number of hydrogen-bond acceptors (Lipinski definition) is 4. The lowest BCUT2D eigenvalue weighted by atomic mass is 10.0. The maximum atomic E-state index is 12.1. The number of benzene rings is 1. The third-order valence-corrected chi connectivity index (χ3v) is 4.10. The molecule has 0 unspecified atom stereocenters. The van der Waals surface area contributed by atoms with E-state index in [-0.39, 0.29) is 18.4 Å².